The molecule has 0 aliphatic heterocycles. The maximum atomic E-state index is 11.9. The van der Waals surface area contributed by atoms with E-state index in [1.807, 2.05) is 13.0 Å². The SMILES string of the molecule is CCOc1cccc(NC(=O)Nc2ccc(N=O)cc2)c1. The van der Waals surface area contributed by atoms with E-state index in [4.69, 9.17) is 4.74 Å². The van der Waals surface area contributed by atoms with Crippen molar-refractivity contribution < 1.29 is 9.53 Å². The molecule has 0 unspecified atom stereocenters. The Hall–Kier alpha value is -2.89. The summed E-state index contributed by atoms with van der Waals surface area (Å²) in [4.78, 5) is 22.2. The normalized spacial score (nSPS) is 9.76. The standard InChI is InChI=1S/C15H15N3O3/c1-2-21-14-5-3-4-13(10-14)17-15(19)16-11-6-8-12(18-20)9-7-11/h3-10H,2H2,1H3,(H2,16,17,19). The van der Waals surface area contributed by atoms with Gasteiger partial charge in [-0.15, -0.1) is 4.91 Å². The van der Waals surface area contributed by atoms with Crippen molar-refractivity contribution in [1.29, 1.82) is 0 Å². The number of hydrogen-bond donors (Lipinski definition) is 2. The number of nitrogens with one attached hydrogen (secondary N) is 2. The van der Waals surface area contributed by atoms with E-state index in [2.05, 4.69) is 15.8 Å². The number of nitrogens with zero attached hydrogens (tertiary/aromatic N) is 1. The first kappa shape index (κ1) is 14.5. The molecule has 2 amide bonds. The number of carbonyl (C=O) groups is 1. The maximum Gasteiger partial charge on any atom is 0.323 e. The fourth-order valence-electron chi connectivity index (χ4n) is 1.73. The van der Waals surface area contributed by atoms with Crippen LogP contribution in [0.2, 0.25) is 0 Å². The number of carbonyl (C=O) groups excluding carboxylic acids is 1. The number of nitroso groups, excluding NO2 is 1. The van der Waals surface area contributed by atoms with Gasteiger partial charge in [0.05, 0.1) is 6.61 Å². The van der Waals surface area contributed by atoms with E-state index in [-0.39, 0.29) is 6.03 Å². The average Bonchev–Trinajstić information content (AvgIpc) is 2.48. The third-order valence-corrected chi connectivity index (χ3v) is 2.63. The van der Waals surface area contributed by atoms with Gasteiger partial charge < -0.3 is 15.4 Å². The Morgan fingerprint density at radius 1 is 1.10 bits per heavy atom. The Kier molecular flexibility index (Phi) is 4.87. The summed E-state index contributed by atoms with van der Waals surface area (Å²) in [5.74, 6) is 0.691. The van der Waals surface area contributed by atoms with Crippen LogP contribution in [0.5, 0.6) is 5.75 Å². The van der Waals surface area contributed by atoms with Crippen molar-refractivity contribution >= 4 is 23.1 Å². The minimum atomic E-state index is -0.379. The Labute approximate surface area is 122 Å². The largest absolute Gasteiger partial charge is 0.494 e. The molecule has 0 spiro atoms. The van der Waals surface area contributed by atoms with Crippen LogP contribution < -0.4 is 15.4 Å². The molecule has 2 aromatic rings. The van der Waals surface area contributed by atoms with Crippen molar-refractivity contribution in [2.24, 2.45) is 5.18 Å². The fourth-order valence-corrected chi connectivity index (χ4v) is 1.73. The van der Waals surface area contributed by atoms with E-state index >= 15 is 0 Å². The van der Waals surface area contributed by atoms with E-state index in [1.165, 1.54) is 12.1 Å². The van der Waals surface area contributed by atoms with Gasteiger partial charge in [-0.25, -0.2) is 4.79 Å². The van der Waals surface area contributed by atoms with E-state index < -0.39 is 0 Å². The molecule has 0 aromatic heterocycles. The molecule has 0 aliphatic carbocycles. The third-order valence-electron chi connectivity index (χ3n) is 2.63. The van der Waals surface area contributed by atoms with Gasteiger partial charge in [-0.2, -0.15) is 0 Å². The van der Waals surface area contributed by atoms with Gasteiger partial charge in [0.15, 0.2) is 0 Å². The molecule has 0 fully saturated rings. The molecule has 0 bridgehead atoms. The predicted octanol–water partition coefficient (Wildman–Crippen LogP) is 4.13. The summed E-state index contributed by atoms with van der Waals surface area (Å²) in [6, 6.07) is 13.0. The zero-order valence-corrected chi connectivity index (χ0v) is 11.5. The first-order chi connectivity index (χ1) is 10.2. The molecular weight excluding hydrogens is 270 g/mol. The highest BCUT2D eigenvalue weighted by Gasteiger charge is 2.04. The smallest absolute Gasteiger partial charge is 0.323 e. The molecule has 2 rings (SSSR count). The van der Waals surface area contributed by atoms with Crippen molar-refractivity contribution in [3.05, 3.63) is 53.4 Å². The van der Waals surface area contributed by atoms with Crippen molar-refractivity contribution in [1.82, 2.24) is 0 Å². The number of benzene rings is 2. The van der Waals surface area contributed by atoms with Crippen LogP contribution in [0.25, 0.3) is 0 Å². The quantitative estimate of drug-likeness (QED) is 0.811. The van der Waals surface area contributed by atoms with Crippen LogP contribution in [0.3, 0.4) is 0 Å². The predicted molar refractivity (Wildman–Crippen MR) is 82.1 cm³/mol. The van der Waals surface area contributed by atoms with Gasteiger partial charge in [0.2, 0.25) is 0 Å². The van der Waals surface area contributed by atoms with E-state index in [9.17, 15) is 9.70 Å². The molecule has 0 aliphatic rings. The Bertz CT molecular complexity index is 626. The van der Waals surface area contributed by atoms with Gasteiger partial charge in [-0.1, -0.05) is 6.07 Å². The summed E-state index contributed by atoms with van der Waals surface area (Å²) in [5.41, 5.74) is 1.51. The van der Waals surface area contributed by atoms with Crippen molar-refractivity contribution in [3.63, 3.8) is 0 Å². The highest BCUT2D eigenvalue weighted by Crippen LogP contribution is 2.18. The summed E-state index contributed by atoms with van der Waals surface area (Å²) >= 11 is 0. The second kappa shape index (κ2) is 7.04. The number of ether oxygens (including phenoxy) is 1. The maximum absolute atomic E-state index is 11.9. The molecule has 6 nitrogen and oxygen atoms in total. The molecule has 0 atom stereocenters. The number of rotatable bonds is 5. The zero-order chi connectivity index (χ0) is 15.1. The second-order valence-electron chi connectivity index (χ2n) is 4.18. The lowest BCUT2D eigenvalue weighted by molar-refractivity contribution is 0.262. The van der Waals surface area contributed by atoms with Gasteiger partial charge in [-0.3, -0.25) is 0 Å². The molecule has 6 heteroatoms. The molecular formula is C15H15N3O3. The van der Waals surface area contributed by atoms with Crippen LogP contribution in [0.1, 0.15) is 6.92 Å². The van der Waals surface area contributed by atoms with Crippen molar-refractivity contribution in [2.75, 3.05) is 17.2 Å². The molecule has 0 radical (unpaired) electrons. The molecule has 2 N–H and O–H groups in total. The molecule has 108 valence electrons. The number of urea groups is 1. The lowest BCUT2D eigenvalue weighted by atomic mass is 10.3. The van der Waals surface area contributed by atoms with Crippen LogP contribution >= 0.6 is 0 Å². The second-order valence-corrected chi connectivity index (χ2v) is 4.18. The Morgan fingerprint density at radius 3 is 2.48 bits per heavy atom. The van der Waals surface area contributed by atoms with Gasteiger partial charge in [-0.05, 0) is 48.5 Å². The van der Waals surface area contributed by atoms with Gasteiger partial charge in [0.25, 0.3) is 0 Å². The Balaban J connectivity index is 1.97. The van der Waals surface area contributed by atoms with E-state index in [0.29, 0.717) is 29.4 Å². The molecule has 2 aromatic carbocycles. The minimum absolute atomic E-state index is 0.311. The summed E-state index contributed by atoms with van der Waals surface area (Å²) in [6.45, 7) is 2.46. The summed E-state index contributed by atoms with van der Waals surface area (Å²) in [5, 5.41) is 8.15. The average molecular weight is 285 g/mol. The highest BCUT2D eigenvalue weighted by molar-refractivity contribution is 5.99. The monoisotopic (exact) mass is 285 g/mol. The van der Waals surface area contributed by atoms with Crippen molar-refractivity contribution in [3.8, 4) is 5.75 Å². The van der Waals surface area contributed by atoms with Crippen LogP contribution in [-0.2, 0) is 0 Å². The van der Waals surface area contributed by atoms with Crippen LogP contribution in [0.15, 0.2) is 53.7 Å². The number of hydrogen-bond acceptors (Lipinski definition) is 4. The summed E-state index contributed by atoms with van der Waals surface area (Å²) < 4.78 is 5.36. The minimum Gasteiger partial charge on any atom is -0.494 e. The summed E-state index contributed by atoms with van der Waals surface area (Å²) in [6.07, 6.45) is 0. The van der Waals surface area contributed by atoms with Crippen molar-refractivity contribution in [2.45, 2.75) is 6.92 Å². The first-order valence-corrected chi connectivity index (χ1v) is 6.45. The lowest BCUT2D eigenvalue weighted by Gasteiger charge is -2.09. The molecule has 0 saturated heterocycles. The van der Waals surface area contributed by atoms with Gasteiger partial charge >= 0.3 is 6.03 Å². The van der Waals surface area contributed by atoms with Crippen LogP contribution in [0.4, 0.5) is 21.9 Å². The first-order valence-electron chi connectivity index (χ1n) is 6.45. The van der Waals surface area contributed by atoms with Gasteiger partial charge in [0.1, 0.15) is 11.4 Å². The van der Waals surface area contributed by atoms with E-state index in [0.717, 1.165) is 0 Å². The van der Waals surface area contributed by atoms with Crippen LogP contribution in [0, 0.1) is 4.91 Å². The molecule has 0 heterocycles. The number of anilines is 2. The topological polar surface area (TPSA) is 79.8 Å². The van der Waals surface area contributed by atoms with Gasteiger partial charge in [0, 0.05) is 17.4 Å². The van der Waals surface area contributed by atoms with E-state index in [1.54, 1.807) is 30.3 Å². The zero-order valence-electron chi connectivity index (χ0n) is 11.5. The fraction of sp³-hybridized carbons (Fsp3) is 0.133. The highest BCUT2D eigenvalue weighted by atomic mass is 16.5. The van der Waals surface area contributed by atoms with Crippen LogP contribution in [-0.4, -0.2) is 12.6 Å². The number of amides is 2. The molecule has 21 heavy (non-hydrogen) atoms. The lowest BCUT2D eigenvalue weighted by Crippen LogP contribution is -2.19. The third kappa shape index (κ3) is 4.31. The molecule has 0 saturated carbocycles. The Morgan fingerprint density at radius 2 is 1.81 bits per heavy atom. The summed E-state index contributed by atoms with van der Waals surface area (Å²) in [7, 11) is 0.